The van der Waals surface area contributed by atoms with Crippen LogP contribution in [0.5, 0.6) is 5.75 Å². The van der Waals surface area contributed by atoms with Crippen LogP contribution >= 0.6 is 0 Å². The van der Waals surface area contributed by atoms with Crippen LogP contribution in [-0.2, 0) is 0 Å². The van der Waals surface area contributed by atoms with Gasteiger partial charge in [0, 0.05) is 17.8 Å². The Labute approximate surface area is 119 Å². The third-order valence-corrected chi connectivity index (χ3v) is 3.02. The molecule has 0 aliphatic heterocycles. The zero-order chi connectivity index (χ0) is 14.4. The summed E-state index contributed by atoms with van der Waals surface area (Å²) < 4.78 is 5.45. The third kappa shape index (κ3) is 3.18. The summed E-state index contributed by atoms with van der Waals surface area (Å²) in [6.07, 6.45) is 0. The van der Waals surface area contributed by atoms with Gasteiger partial charge in [0.2, 0.25) is 0 Å². The Bertz CT molecular complexity index is 566. The number of para-hydroxylation sites is 1. The zero-order valence-corrected chi connectivity index (χ0v) is 11.9. The number of hydrogen-bond donors (Lipinski definition) is 0. The van der Waals surface area contributed by atoms with E-state index in [1.165, 1.54) is 0 Å². The molecule has 0 aliphatic carbocycles. The predicted molar refractivity (Wildman–Crippen MR) is 81.4 cm³/mol. The van der Waals surface area contributed by atoms with E-state index in [1.807, 2.05) is 62.4 Å². The molecule has 2 rings (SSSR count). The number of carbonyl (C=O) groups excluding carboxylic acids is 1. The Morgan fingerprint density at radius 3 is 2.45 bits per heavy atom. The van der Waals surface area contributed by atoms with E-state index in [9.17, 15) is 4.79 Å². The van der Waals surface area contributed by atoms with Crippen molar-refractivity contribution < 1.29 is 9.53 Å². The number of nitrogens with zero attached hydrogens (tertiary/aromatic N) is 1. The zero-order valence-electron chi connectivity index (χ0n) is 11.9. The van der Waals surface area contributed by atoms with Gasteiger partial charge in [-0.3, -0.25) is 4.79 Å². The topological polar surface area (TPSA) is 29.5 Å². The first-order valence-electron chi connectivity index (χ1n) is 6.86. The molecule has 0 radical (unpaired) electrons. The number of amides is 1. The molecule has 2 aromatic rings. The maximum Gasteiger partial charge on any atom is 0.258 e. The van der Waals surface area contributed by atoms with E-state index < -0.39 is 0 Å². The molecule has 20 heavy (non-hydrogen) atoms. The van der Waals surface area contributed by atoms with Gasteiger partial charge in [-0.05, 0) is 44.2 Å². The van der Waals surface area contributed by atoms with Crippen LogP contribution in [0.1, 0.15) is 24.2 Å². The van der Waals surface area contributed by atoms with Gasteiger partial charge in [0.25, 0.3) is 5.91 Å². The van der Waals surface area contributed by atoms with E-state index in [0.29, 0.717) is 18.7 Å². The summed E-state index contributed by atoms with van der Waals surface area (Å²) in [5.74, 6) is 0.711. The number of benzene rings is 2. The fraction of sp³-hybridized carbons (Fsp3) is 0.235. The molecule has 1 amide bonds. The molecule has 0 fully saturated rings. The van der Waals surface area contributed by atoms with Crippen molar-refractivity contribution in [3.8, 4) is 5.75 Å². The minimum atomic E-state index is -0.0137. The SMILES string of the molecule is CCOc1cccc(C(=O)N(CC)c2ccccc2)c1. The van der Waals surface area contributed by atoms with Gasteiger partial charge < -0.3 is 9.64 Å². The molecule has 0 saturated heterocycles. The van der Waals surface area contributed by atoms with Crippen LogP contribution in [0.2, 0.25) is 0 Å². The smallest absolute Gasteiger partial charge is 0.258 e. The Kier molecular flexibility index (Phi) is 4.77. The lowest BCUT2D eigenvalue weighted by Crippen LogP contribution is -2.30. The Balaban J connectivity index is 2.27. The lowest BCUT2D eigenvalue weighted by Gasteiger charge is -2.21. The summed E-state index contributed by atoms with van der Waals surface area (Å²) in [5, 5.41) is 0. The summed E-state index contributed by atoms with van der Waals surface area (Å²) in [6, 6.07) is 17.0. The maximum atomic E-state index is 12.6. The quantitative estimate of drug-likeness (QED) is 0.827. The number of anilines is 1. The number of carbonyl (C=O) groups is 1. The van der Waals surface area contributed by atoms with E-state index in [-0.39, 0.29) is 5.91 Å². The molecular weight excluding hydrogens is 250 g/mol. The van der Waals surface area contributed by atoms with Gasteiger partial charge in [-0.15, -0.1) is 0 Å². The fourth-order valence-electron chi connectivity index (χ4n) is 2.09. The fourth-order valence-corrected chi connectivity index (χ4v) is 2.09. The van der Waals surface area contributed by atoms with E-state index in [2.05, 4.69) is 0 Å². The van der Waals surface area contributed by atoms with Crippen molar-refractivity contribution in [3.05, 3.63) is 60.2 Å². The molecule has 0 unspecified atom stereocenters. The Hall–Kier alpha value is -2.29. The third-order valence-electron chi connectivity index (χ3n) is 3.02. The second kappa shape index (κ2) is 6.75. The van der Waals surface area contributed by atoms with E-state index in [0.717, 1.165) is 11.4 Å². The molecule has 0 aliphatic rings. The lowest BCUT2D eigenvalue weighted by atomic mass is 10.1. The largest absolute Gasteiger partial charge is 0.494 e. The van der Waals surface area contributed by atoms with Crippen molar-refractivity contribution >= 4 is 11.6 Å². The first-order chi connectivity index (χ1) is 9.76. The van der Waals surface area contributed by atoms with Crippen LogP contribution < -0.4 is 9.64 Å². The highest BCUT2D eigenvalue weighted by Crippen LogP contribution is 2.19. The van der Waals surface area contributed by atoms with Gasteiger partial charge in [-0.25, -0.2) is 0 Å². The van der Waals surface area contributed by atoms with E-state index >= 15 is 0 Å². The molecule has 0 heterocycles. The van der Waals surface area contributed by atoms with Gasteiger partial charge in [-0.2, -0.15) is 0 Å². The second-order valence-corrected chi connectivity index (χ2v) is 4.35. The Morgan fingerprint density at radius 2 is 1.80 bits per heavy atom. The maximum absolute atomic E-state index is 12.6. The molecule has 0 N–H and O–H groups in total. The van der Waals surface area contributed by atoms with E-state index in [4.69, 9.17) is 4.74 Å². The average molecular weight is 269 g/mol. The summed E-state index contributed by atoms with van der Waals surface area (Å²) in [5.41, 5.74) is 1.54. The molecule has 0 aromatic heterocycles. The number of ether oxygens (including phenoxy) is 1. The van der Waals surface area contributed by atoms with Crippen molar-refractivity contribution in [2.75, 3.05) is 18.1 Å². The van der Waals surface area contributed by atoms with Crippen LogP contribution in [0.3, 0.4) is 0 Å². The van der Waals surface area contributed by atoms with Crippen molar-refractivity contribution in [2.24, 2.45) is 0 Å². The van der Waals surface area contributed by atoms with E-state index in [1.54, 1.807) is 11.0 Å². The van der Waals surface area contributed by atoms with Gasteiger partial charge >= 0.3 is 0 Å². The first-order valence-corrected chi connectivity index (χ1v) is 6.86. The van der Waals surface area contributed by atoms with Crippen molar-refractivity contribution in [1.82, 2.24) is 0 Å². The van der Waals surface area contributed by atoms with Crippen LogP contribution in [0.15, 0.2) is 54.6 Å². The first kappa shape index (κ1) is 14.1. The molecule has 0 saturated carbocycles. The highest BCUT2D eigenvalue weighted by Gasteiger charge is 2.16. The predicted octanol–water partition coefficient (Wildman–Crippen LogP) is 3.75. The summed E-state index contributed by atoms with van der Waals surface area (Å²) in [4.78, 5) is 14.4. The van der Waals surface area contributed by atoms with Crippen LogP contribution in [0, 0.1) is 0 Å². The molecule has 0 spiro atoms. The van der Waals surface area contributed by atoms with Crippen LogP contribution in [0.4, 0.5) is 5.69 Å². The average Bonchev–Trinajstić information content (AvgIpc) is 2.50. The van der Waals surface area contributed by atoms with Crippen LogP contribution in [-0.4, -0.2) is 19.1 Å². The van der Waals surface area contributed by atoms with Crippen molar-refractivity contribution in [3.63, 3.8) is 0 Å². The highest BCUT2D eigenvalue weighted by atomic mass is 16.5. The normalized spacial score (nSPS) is 10.1. The lowest BCUT2D eigenvalue weighted by molar-refractivity contribution is 0.0988. The second-order valence-electron chi connectivity index (χ2n) is 4.35. The van der Waals surface area contributed by atoms with Crippen molar-refractivity contribution in [1.29, 1.82) is 0 Å². The van der Waals surface area contributed by atoms with Gasteiger partial charge in [0.15, 0.2) is 0 Å². The number of rotatable bonds is 5. The molecular formula is C17H19NO2. The molecule has 104 valence electrons. The van der Waals surface area contributed by atoms with Gasteiger partial charge in [-0.1, -0.05) is 24.3 Å². The summed E-state index contributed by atoms with van der Waals surface area (Å²) >= 11 is 0. The molecule has 3 heteroatoms. The standard InChI is InChI=1S/C17H19NO2/c1-3-18(15-10-6-5-7-11-15)17(19)14-9-8-12-16(13-14)20-4-2/h5-13H,3-4H2,1-2H3. The molecule has 3 nitrogen and oxygen atoms in total. The monoisotopic (exact) mass is 269 g/mol. The Morgan fingerprint density at radius 1 is 1.05 bits per heavy atom. The highest BCUT2D eigenvalue weighted by molar-refractivity contribution is 6.06. The van der Waals surface area contributed by atoms with Gasteiger partial charge in [0.05, 0.1) is 6.61 Å². The van der Waals surface area contributed by atoms with Crippen molar-refractivity contribution in [2.45, 2.75) is 13.8 Å². The molecule has 2 aromatic carbocycles. The summed E-state index contributed by atoms with van der Waals surface area (Å²) in [6.45, 7) is 5.11. The molecule has 0 atom stereocenters. The minimum absolute atomic E-state index is 0.0137. The molecule has 0 bridgehead atoms. The minimum Gasteiger partial charge on any atom is -0.494 e. The summed E-state index contributed by atoms with van der Waals surface area (Å²) in [7, 11) is 0. The number of hydrogen-bond acceptors (Lipinski definition) is 2. The van der Waals surface area contributed by atoms with Gasteiger partial charge in [0.1, 0.15) is 5.75 Å². The van der Waals surface area contributed by atoms with Crippen LogP contribution in [0.25, 0.3) is 0 Å².